The number of carbonyl (C=O) groups is 2. The quantitative estimate of drug-likeness (QED) is 0.654. The first-order valence-corrected chi connectivity index (χ1v) is 7.25. The molecule has 0 spiro atoms. The molecule has 0 unspecified atom stereocenters. The molecular weight excluding hydrogens is 311 g/mol. The molecule has 6 heteroatoms. The first-order valence-electron chi connectivity index (χ1n) is 7.25. The van der Waals surface area contributed by atoms with E-state index in [0.717, 1.165) is 11.1 Å². The van der Waals surface area contributed by atoms with E-state index in [0.29, 0.717) is 0 Å². The van der Waals surface area contributed by atoms with Crippen LogP contribution < -0.4 is 15.6 Å². The number of benzene rings is 2. The first-order chi connectivity index (χ1) is 11.5. The molecule has 2 aromatic rings. The molecule has 0 aliphatic rings. The van der Waals surface area contributed by atoms with Gasteiger partial charge in [0.15, 0.2) is 18.2 Å². The van der Waals surface area contributed by atoms with E-state index in [1.807, 2.05) is 31.2 Å². The molecule has 0 fully saturated rings. The van der Waals surface area contributed by atoms with Crippen molar-refractivity contribution in [2.24, 2.45) is 0 Å². The molecule has 0 saturated heterocycles. The highest BCUT2D eigenvalue weighted by Crippen LogP contribution is 2.14. The maximum absolute atomic E-state index is 13.3. The van der Waals surface area contributed by atoms with Crippen molar-refractivity contribution in [1.82, 2.24) is 10.9 Å². The Morgan fingerprint density at radius 1 is 1.12 bits per heavy atom. The number of hydrogen-bond donors (Lipinski definition) is 2. The zero-order valence-electron chi connectivity index (χ0n) is 13.1. The van der Waals surface area contributed by atoms with Gasteiger partial charge in [-0.15, -0.1) is 0 Å². The number of hydrogen-bond acceptors (Lipinski definition) is 3. The second-order valence-corrected chi connectivity index (χ2v) is 5.00. The van der Waals surface area contributed by atoms with Crippen LogP contribution in [0.2, 0.25) is 0 Å². The van der Waals surface area contributed by atoms with Crippen LogP contribution in [0.5, 0.6) is 5.75 Å². The van der Waals surface area contributed by atoms with Crippen molar-refractivity contribution in [3.8, 4) is 5.75 Å². The third-order valence-corrected chi connectivity index (χ3v) is 2.99. The number of carbonyl (C=O) groups excluding carboxylic acids is 2. The minimum atomic E-state index is -0.601. The predicted molar refractivity (Wildman–Crippen MR) is 88.4 cm³/mol. The number of hydrazine groups is 1. The number of aryl methyl sites for hydroxylation is 1. The van der Waals surface area contributed by atoms with Crippen molar-refractivity contribution in [2.75, 3.05) is 6.61 Å². The molecule has 2 N–H and O–H groups in total. The Morgan fingerprint density at radius 3 is 2.67 bits per heavy atom. The van der Waals surface area contributed by atoms with E-state index in [9.17, 15) is 14.0 Å². The Kier molecular flexibility index (Phi) is 6.08. The fourth-order valence-electron chi connectivity index (χ4n) is 1.86. The molecule has 2 amide bonds. The van der Waals surface area contributed by atoms with Crippen LogP contribution >= 0.6 is 0 Å². The van der Waals surface area contributed by atoms with Gasteiger partial charge in [-0.2, -0.15) is 0 Å². The van der Waals surface area contributed by atoms with Crippen LogP contribution in [0, 0.1) is 12.7 Å². The Bertz CT molecular complexity index is 759. The van der Waals surface area contributed by atoms with Gasteiger partial charge in [0, 0.05) is 6.08 Å². The van der Waals surface area contributed by atoms with E-state index in [1.54, 1.807) is 12.1 Å². The largest absolute Gasteiger partial charge is 0.481 e. The number of amides is 2. The maximum Gasteiger partial charge on any atom is 0.276 e. The van der Waals surface area contributed by atoms with E-state index >= 15 is 0 Å². The lowest BCUT2D eigenvalue weighted by molar-refractivity contribution is -0.128. The summed E-state index contributed by atoms with van der Waals surface area (Å²) in [6, 6.07) is 13.4. The van der Waals surface area contributed by atoms with Gasteiger partial charge in [-0.05, 0) is 30.7 Å². The van der Waals surface area contributed by atoms with Crippen LogP contribution in [0.15, 0.2) is 54.6 Å². The van der Waals surface area contributed by atoms with E-state index < -0.39 is 24.2 Å². The van der Waals surface area contributed by atoms with Crippen LogP contribution in [0.4, 0.5) is 4.39 Å². The Morgan fingerprint density at radius 2 is 1.92 bits per heavy atom. The predicted octanol–water partition coefficient (Wildman–Crippen LogP) is 2.37. The van der Waals surface area contributed by atoms with Crippen LogP contribution in [0.1, 0.15) is 11.1 Å². The van der Waals surface area contributed by atoms with Gasteiger partial charge in [-0.1, -0.05) is 42.0 Å². The molecule has 2 rings (SSSR count). The fourth-order valence-corrected chi connectivity index (χ4v) is 1.86. The zero-order chi connectivity index (χ0) is 17.4. The smallest absolute Gasteiger partial charge is 0.276 e. The van der Waals surface area contributed by atoms with Crippen molar-refractivity contribution in [3.63, 3.8) is 0 Å². The third-order valence-electron chi connectivity index (χ3n) is 2.99. The molecular formula is C18H17FN2O3. The Hall–Kier alpha value is -3.15. The van der Waals surface area contributed by atoms with Gasteiger partial charge in [-0.3, -0.25) is 20.4 Å². The summed E-state index contributed by atoms with van der Waals surface area (Å²) in [6.45, 7) is 1.54. The van der Waals surface area contributed by atoms with Gasteiger partial charge in [0.2, 0.25) is 0 Å². The highest BCUT2D eigenvalue weighted by Gasteiger charge is 2.06. The second-order valence-electron chi connectivity index (χ2n) is 5.00. The molecule has 24 heavy (non-hydrogen) atoms. The van der Waals surface area contributed by atoms with Gasteiger partial charge >= 0.3 is 0 Å². The molecule has 0 heterocycles. The summed E-state index contributed by atoms with van der Waals surface area (Å²) in [6.07, 6.45) is 2.93. The summed E-state index contributed by atoms with van der Waals surface area (Å²) in [5, 5.41) is 0. The standard InChI is InChI=1S/C18H17FN2O3/c1-13-5-4-6-14(11-13)9-10-17(22)20-21-18(23)12-24-16-8-3-2-7-15(16)19/h2-11H,12H2,1H3,(H,20,22)(H,21,23)/b10-9+. The van der Waals surface area contributed by atoms with Crippen molar-refractivity contribution in [1.29, 1.82) is 0 Å². The summed E-state index contributed by atoms with van der Waals surface area (Å²) in [5.41, 5.74) is 6.36. The lowest BCUT2D eigenvalue weighted by Crippen LogP contribution is -2.43. The van der Waals surface area contributed by atoms with Gasteiger partial charge < -0.3 is 4.74 Å². The van der Waals surface area contributed by atoms with Crippen LogP contribution in [-0.4, -0.2) is 18.4 Å². The summed E-state index contributed by atoms with van der Waals surface area (Å²) in [4.78, 5) is 23.2. The minimum Gasteiger partial charge on any atom is -0.481 e. The van der Waals surface area contributed by atoms with E-state index in [-0.39, 0.29) is 5.75 Å². The molecule has 2 aromatic carbocycles. The summed E-state index contributed by atoms with van der Waals surface area (Å²) in [5.74, 6) is -1.68. The van der Waals surface area contributed by atoms with Crippen LogP contribution in [0.3, 0.4) is 0 Å². The molecule has 0 aliphatic carbocycles. The van der Waals surface area contributed by atoms with Crippen molar-refractivity contribution in [2.45, 2.75) is 6.92 Å². The summed E-state index contributed by atoms with van der Waals surface area (Å²) < 4.78 is 18.3. The molecule has 0 atom stereocenters. The average molecular weight is 328 g/mol. The monoisotopic (exact) mass is 328 g/mol. The highest BCUT2D eigenvalue weighted by molar-refractivity contribution is 5.93. The third kappa shape index (κ3) is 5.57. The van der Waals surface area contributed by atoms with Gasteiger partial charge in [0.1, 0.15) is 0 Å². The summed E-state index contributed by atoms with van der Waals surface area (Å²) in [7, 11) is 0. The highest BCUT2D eigenvalue weighted by atomic mass is 19.1. The van der Waals surface area contributed by atoms with Crippen LogP contribution in [-0.2, 0) is 9.59 Å². The number of nitrogens with one attached hydrogen (secondary N) is 2. The minimum absolute atomic E-state index is 0.0293. The SMILES string of the molecule is Cc1cccc(/C=C/C(=O)NNC(=O)COc2ccccc2F)c1. The fraction of sp³-hybridized carbons (Fsp3) is 0.111. The number of rotatable bonds is 5. The van der Waals surface area contributed by atoms with Crippen molar-refractivity contribution >= 4 is 17.9 Å². The molecule has 0 aliphatic heterocycles. The van der Waals surface area contributed by atoms with Gasteiger partial charge in [0.25, 0.3) is 11.8 Å². The van der Waals surface area contributed by atoms with Gasteiger partial charge in [0.05, 0.1) is 0 Å². The van der Waals surface area contributed by atoms with Gasteiger partial charge in [-0.25, -0.2) is 4.39 Å². The molecule has 124 valence electrons. The summed E-state index contributed by atoms with van der Waals surface area (Å²) >= 11 is 0. The zero-order valence-corrected chi connectivity index (χ0v) is 13.1. The molecule has 0 radical (unpaired) electrons. The number of ether oxygens (including phenoxy) is 1. The number of para-hydroxylation sites is 1. The molecule has 0 saturated carbocycles. The molecule has 5 nitrogen and oxygen atoms in total. The first kappa shape index (κ1) is 17.2. The Labute approximate surface area is 139 Å². The van der Waals surface area contributed by atoms with E-state index in [1.165, 1.54) is 24.3 Å². The van der Waals surface area contributed by atoms with Crippen LogP contribution in [0.25, 0.3) is 6.08 Å². The molecule has 0 bridgehead atoms. The average Bonchev–Trinajstić information content (AvgIpc) is 2.57. The molecule has 0 aromatic heterocycles. The van der Waals surface area contributed by atoms with Crippen molar-refractivity contribution < 1.29 is 18.7 Å². The Balaban J connectivity index is 1.75. The van der Waals surface area contributed by atoms with E-state index in [2.05, 4.69) is 10.9 Å². The van der Waals surface area contributed by atoms with Crippen molar-refractivity contribution in [3.05, 3.63) is 71.6 Å². The van der Waals surface area contributed by atoms with E-state index in [4.69, 9.17) is 4.74 Å². The normalized spacial score (nSPS) is 10.4. The lowest BCUT2D eigenvalue weighted by Gasteiger charge is -2.08. The topological polar surface area (TPSA) is 67.4 Å². The number of halogens is 1. The second kappa shape index (κ2) is 8.47. The lowest BCUT2D eigenvalue weighted by atomic mass is 10.1. The maximum atomic E-state index is 13.3.